The number of thiophene rings is 1. The number of hydrogen-bond donors (Lipinski definition) is 0. The summed E-state index contributed by atoms with van der Waals surface area (Å²) in [6.07, 6.45) is 0. The monoisotopic (exact) mass is 233 g/mol. The van der Waals surface area contributed by atoms with Crippen molar-refractivity contribution in [3.05, 3.63) is 17.5 Å². The number of rotatable bonds is 2. The van der Waals surface area contributed by atoms with Crippen LogP contribution in [0.2, 0.25) is 0 Å². The Morgan fingerprint density at radius 1 is 1.36 bits per heavy atom. The number of morpholine rings is 1. The highest BCUT2D eigenvalue weighted by atomic mass is 32.2. The number of nitrogens with zero attached hydrogens (tertiary/aromatic N) is 1. The van der Waals surface area contributed by atoms with E-state index in [1.165, 1.54) is 15.6 Å². The van der Waals surface area contributed by atoms with E-state index in [1.807, 2.05) is 0 Å². The molecular formula is C8H11NO3S2. The molecule has 78 valence electrons. The lowest BCUT2D eigenvalue weighted by molar-refractivity contribution is 0.0731. The molecule has 1 aromatic heterocycles. The smallest absolute Gasteiger partial charge is 0.252 e. The quantitative estimate of drug-likeness (QED) is 0.758. The fraction of sp³-hybridized carbons (Fsp3) is 0.500. The molecule has 1 fully saturated rings. The van der Waals surface area contributed by atoms with Gasteiger partial charge in [0, 0.05) is 13.1 Å². The Balaban J connectivity index is 2.23. The molecule has 0 unspecified atom stereocenters. The van der Waals surface area contributed by atoms with Gasteiger partial charge in [-0.05, 0) is 11.4 Å². The van der Waals surface area contributed by atoms with E-state index in [1.54, 1.807) is 17.5 Å². The summed E-state index contributed by atoms with van der Waals surface area (Å²) in [6, 6.07) is 3.38. The molecule has 2 heterocycles. The minimum absolute atomic E-state index is 0.416. The van der Waals surface area contributed by atoms with Crippen molar-refractivity contribution in [1.82, 2.24) is 4.31 Å². The Morgan fingerprint density at radius 3 is 2.64 bits per heavy atom. The first-order valence-electron chi connectivity index (χ1n) is 4.33. The van der Waals surface area contributed by atoms with Gasteiger partial charge >= 0.3 is 0 Å². The van der Waals surface area contributed by atoms with E-state index in [2.05, 4.69) is 0 Å². The molecule has 4 nitrogen and oxygen atoms in total. The summed E-state index contributed by atoms with van der Waals surface area (Å²) >= 11 is 1.25. The SMILES string of the molecule is O=S(=O)(c1cccs1)N1CCOCC1. The van der Waals surface area contributed by atoms with Crippen LogP contribution in [-0.4, -0.2) is 39.0 Å². The van der Waals surface area contributed by atoms with Crippen LogP contribution in [-0.2, 0) is 14.8 Å². The molecule has 1 aromatic rings. The predicted octanol–water partition coefficient (Wildman–Crippen LogP) is 0.769. The molecular weight excluding hydrogens is 222 g/mol. The average molecular weight is 233 g/mol. The first-order chi connectivity index (χ1) is 6.71. The van der Waals surface area contributed by atoms with E-state index in [4.69, 9.17) is 4.74 Å². The largest absolute Gasteiger partial charge is 0.379 e. The zero-order valence-electron chi connectivity index (χ0n) is 7.55. The molecule has 0 aromatic carbocycles. The van der Waals surface area contributed by atoms with Crippen molar-refractivity contribution in [2.24, 2.45) is 0 Å². The van der Waals surface area contributed by atoms with E-state index in [0.717, 1.165) is 0 Å². The van der Waals surface area contributed by atoms with E-state index in [-0.39, 0.29) is 0 Å². The molecule has 0 bridgehead atoms. The second kappa shape index (κ2) is 3.98. The van der Waals surface area contributed by atoms with Crippen molar-refractivity contribution in [3.8, 4) is 0 Å². The number of ether oxygens (including phenoxy) is 1. The van der Waals surface area contributed by atoms with Crippen LogP contribution in [0.15, 0.2) is 21.7 Å². The topological polar surface area (TPSA) is 46.6 Å². The van der Waals surface area contributed by atoms with Crippen molar-refractivity contribution in [1.29, 1.82) is 0 Å². The molecule has 0 atom stereocenters. The Labute approximate surface area is 87.2 Å². The first kappa shape index (κ1) is 10.1. The molecule has 0 saturated carbocycles. The van der Waals surface area contributed by atoms with E-state index in [9.17, 15) is 8.42 Å². The lowest BCUT2D eigenvalue weighted by atomic mass is 10.5. The van der Waals surface area contributed by atoms with Crippen LogP contribution < -0.4 is 0 Å². The van der Waals surface area contributed by atoms with Gasteiger partial charge in [-0.2, -0.15) is 4.31 Å². The van der Waals surface area contributed by atoms with Crippen LogP contribution in [0.4, 0.5) is 0 Å². The summed E-state index contributed by atoms with van der Waals surface area (Å²) < 4.78 is 30.9. The summed E-state index contributed by atoms with van der Waals surface area (Å²) in [6.45, 7) is 1.90. The van der Waals surface area contributed by atoms with Crippen LogP contribution in [0.3, 0.4) is 0 Å². The third kappa shape index (κ3) is 1.83. The number of sulfonamides is 1. The first-order valence-corrected chi connectivity index (χ1v) is 6.64. The predicted molar refractivity (Wildman–Crippen MR) is 53.9 cm³/mol. The van der Waals surface area contributed by atoms with Crippen molar-refractivity contribution >= 4 is 21.4 Å². The van der Waals surface area contributed by atoms with Gasteiger partial charge in [0.15, 0.2) is 0 Å². The lowest BCUT2D eigenvalue weighted by Gasteiger charge is -2.25. The minimum atomic E-state index is -3.25. The van der Waals surface area contributed by atoms with Gasteiger partial charge in [-0.1, -0.05) is 6.07 Å². The van der Waals surface area contributed by atoms with Gasteiger partial charge in [-0.15, -0.1) is 11.3 Å². The zero-order valence-corrected chi connectivity index (χ0v) is 9.18. The van der Waals surface area contributed by atoms with E-state index >= 15 is 0 Å². The Hall–Kier alpha value is -0.430. The second-order valence-electron chi connectivity index (χ2n) is 2.95. The fourth-order valence-corrected chi connectivity index (χ4v) is 3.88. The molecule has 1 saturated heterocycles. The maximum absolute atomic E-state index is 11.9. The van der Waals surface area contributed by atoms with Crippen molar-refractivity contribution < 1.29 is 13.2 Å². The van der Waals surface area contributed by atoms with Crippen LogP contribution >= 0.6 is 11.3 Å². The molecule has 2 rings (SSSR count). The van der Waals surface area contributed by atoms with Gasteiger partial charge in [0.1, 0.15) is 4.21 Å². The third-order valence-corrected chi connectivity index (χ3v) is 5.33. The fourth-order valence-electron chi connectivity index (χ4n) is 1.32. The van der Waals surface area contributed by atoms with Gasteiger partial charge in [0.05, 0.1) is 13.2 Å². The maximum Gasteiger partial charge on any atom is 0.252 e. The van der Waals surface area contributed by atoms with Gasteiger partial charge < -0.3 is 4.74 Å². The van der Waals surface area contributed by atoms with Gasteiger partial charge in [-0.3, -0.25) is 0 Å². The molecule has 1 aliphatic heterocycles. The molecule has 0 radical (unpaired) electrons. The summed E-state index contributed by atoms with van der Waals surface area (Å²) in [5.41, 5.74) is 0. The molecule has 0 amide bonds. The minimum Gasteiger partial charge on any atom is -0.379 e. The average Bonchev–Trinajstić information content (AvgIpc) is 2.72. The van der Waals surface area contributed by atoms with Crippen molar-refractivity contribution in [3.63, 3.8) is 0 Å². The highest BCUT2D eigenvalue weighted by Crippen LogP contribution is 2.21. The Bertz CT molecular complexity index is 379. The normalized spacial score (nSPS) is 19.7. The van der Waals surface area contributed by atoms with Crippen LogP contribution in [0.5, 0.6) is 0 Å². The summed E-state index contributed by atoms with van der Waals surface area (Å²) in [5.74, 6) is 0. The maximum atomic E-state index is 11.9. The zero-order chi connectivity index (χ0) is 10.0. The summed E-state index contributed by atoms with van der Waals surface area (Å²) in [4.78, 5) is 0. The standard InChI is InChI=1S/C8H11NO3S2/c10-14(11,8-2-1-7-13-8)9-3-5-12-6-4-9/h1-2,7H,3-6H2. The number of hydrogen-bond acceptors (Lipinski definition) is 4. The highest BCUT2D eigenvalue weighted by molar-refractivity contribution is 7.91. The van der Waals surface area contributed by atoms with Crippen LogP contribution in [0.1, 0.15) is 0 Å². The van der Waals surface area contributed by atoms with Crippen LogP contribution in [0.25, 0.3) is 0 Å². The lowest BCUT2D eigenvalue weighted by Crippen LogP contribution is -2.40. The molecule has 0 aliphatic carbocycles. The van der Waals surface area contributed by atoms with Gasteiger partial charge in [-0.25, -0.2) is 8.42 Å². The molecule has 0 spiro atoms. The molecule has 6 heteroatoms. The molecule has 0 N–H and O–H groups in total. The van der Waals surface area contributed by atoms with Gasteiger partial charge in [0.25, 0.3) is 10.0 Å². The Kier molecular flexibility index (Phi) is 2.87. The Morgan fingerprint density at radius 2 is 2.07 bits per heavy atom. The van der Waals surface area contributed by atoms with E-state index in [0.29, 0.717) is 30.5 Å². The summed E-state index contributed by atoms with van der Waals surface area (Å²) in [7, 11) is -3.25. The molecule has 14 heavy (non-hydrogen) atoms. The van der Waals surface area contributed by atoms with Gasteiger partial charge in [0.2, 0.25) is 0 Å². The van der Waals surface area contributed by atoms with E-state index < -0.39 is 10.0 Å². The molecule has 1 aliphatic rings. The third-order valence-electron chi connectivity index (χ3n) is 2.06. The summed E-state index contributed by atoms with van der Waals surface area (Å²) in [5, 5.41) is 1.77. The van der Waals surface area contributed by atoms with Crippen molar-refractivity contribution in [2.45, 2.75) is 4.21 Å². The van der Waals surface area contributed by atoms with Crippen molar-refractivity contribution in [2.75, 3.05) is 26.3 Å². The second-order valence-corrected chi connectivity index (χ2v) is 6.06. The van der Waals surface area contributed by atoms with Crippen LogP contribution in [0, 0.1) is 0 Å². The highest BCUT2D eigenvalue weighted by Gasteiger charge is 2.26.